The van der Waals surface area contributed by atoms with Crippen LogP contribution in [0.25, 0.3) is 11.6 Å². The van der Waals surface area contributed by atoms with Crippen LogP contribution in [0.2, 0.25) is 0 Å². The SMILES string of the molecule is C/C(=C/c1ccc(C(=O)O)cc1)c1ccc(O)c(C2(C)CCCCC2)c1. The number of benzene rings is 2. The molecule has 2 N–H and O–H groups in total. The summed E-state index contributed by atoms with van der Waals surface area (Å²) in [4.78, 5) is 11.0. The highest BCUT2D eigenvalue weighted by Crippen LogP contribution is 2.43. The molecule has 1 saturated carbocycles. The molecule has 0 radical (unpaired) electrons. The summed E-state index contributed by atoms with van der Waals surface area (Å²) in [5, 5.41) is 19.4. The molecule has 0 bridgehead atoms. The zero-order valence-corrected chi connectivity index (χ0v) is 15.5. The maximum absolute atomic E-state index is 11.0. The minimum Gasteiger partial charge on any atom is -0.508 e. The van der Waals surface area contributed by atoms with E-state index in [-0.39, 0.29) is 11.0 Å². The molecule has 0 aliphatic heterocycles. The fourth-order valence-corrected chi connectivity index (χ4v) is 3.92. The number of rotatable bonds is 4. The van der Waals surface area contributed by atoms with Gasteiger partial charge in [-0.15, -0.1) is 0 Å². The first-order chi connectivity index (χ1) is 12.4. The molecule has 3 nitrogen and oxygen atoms in total. The van der Waals surface area contributed by atoms with Crippen LogP contribution in [0.15, 0.2) is 42.5 Å². The number of aromatic hydroxyl groups is 1. The van der Waals surface area contributed by atoms with Crippen molar-refractivity contribution < 1.29 is 15.0 Å². The van der Waals surface area contributed by atoms with Gasteiger partial charge in [-0.05, 0) is 66.1 Å². The summed E-state index contributed by atoms with van der Waals surface area (Å²) in [6.07, 6.45) is 7.98. The number of carbonyl (C=O) groups is 1. The van der Waals surface area contributed by atoms with Crippen molar-refractivity contribution in [1.82, 2.24) is 0 Å². The summed E-state index contributed by atoms with van der Waals surface area (Å²) in [5.41, 5.74) is 4.52. The number of hydrogen-bond acceptors (Lipinski definition) is 2. The van der Waals surface area contributed by atoms with Gasteiger partial charge in [-0.3, -0.25) is 0 Å². The lowest BCUT2D eigenvalue weighted by atomic mass is 9.70. The first-order valence-corrected chi connectivity index (χ1v) is 9.25. The van der Waals surface area contributed by atoms with Crippen LogP contribution in [0.5, 0.6) is 5.75 Å². The van der Waals surface area contributed by atoms with E-state index in [4.69, 9.17) is 5.11 Å². The molecule has 0 saturated heterocycles. The van der Waals surface area contributed by atoms with Gasteiger partial charge in [-0.2, -0.15) is 0 Å². The molecule has 3 heteroatoms. The van der Waals surface area contributed by atoms with Gasteiger partial charge >= 0.3 is 5.97 Å². The zero-order valence-electron chi connectivity index (χ0n) is 15.5. The van der Waals surface area contributed by atoms with Gasteiger partial charge in [0.1, 0.15) is 5.75 Å². The maximum Gasteiger partial charge on any atom is 0.335 e. The van der Waals surface area contributed by atoms with Crippen molar-refractivity contribution in [1.29, 1.82) is 0 Å². The quantitative estimate of drug-likeness (QED) is 0.678. The van der Waals surface area contributed by atoms with Gasteiger partial charge in [0.05, 0.1) is 5.56 Å². The van der Waals surface area contributed by atoms with Crippen LogP contribution in [-0.4, -0.2) is 16.2 Å². The Kier molecular flexibility index (Phi) is 5.17. The highest BCUT2D eigenvalue weighted by atomic mass is 16.4. The van der Waals surface area contributed by atoms with Crippen LogP contribution in [0, 0.1) is 0 Å². The average molecular weight is 350 g/mol. The van der Waals surface area contributed by atoms with E-state index in [2.05, 4.69) is 13.0 Å². The van der Waals surface area contributed by atoms with E-state index in [0.717, 1.165) is 35.1 Å². The van der Waals surface area contributed by atoms with Crippen LogP contribution in [0.1, 0.15) is 73.0 Å². The van der Waals surface area contributed by atoms with Gasteiger partial charge in [0.25, 0.3) is 0 Å². The highest BCUT2D eigenvalue weighted by molar-refractivity contribution is 5.88. The van der Waals surface area contributed by atoms with Gasteiger partial charge in [-0.1, -0.05) is 50.5 Å². The Bertz CT molecular complexity index is 825. The van der Waals surface area contributed by atoms with Gasteiger partial charge in [0, 0.05) is 5.56 Å². The minimum absolute atomic E-state index is 0.0434. The number of hydrogen-bond donors (Lipinski definition) is 2. The Morgan fingerprint density at radius 3 is 2.23 bits per heavy atom. The van der Waals surface area contributed by atoms with E-state index in [0.29, 0.717) is 5.75 Å². The molecule has 3 rings (SSSR count). The fraction of sp³-hybridized carbons (Fsp3) is 0.348. The second kappa shape index (κ2) is 7.36. The molecule has 0 atom stereocenters. The lowest BCUT2D eigenvalue weighted by molar-refractivity contribution is 0.0697. The molecule has 2 aromatic rings. The molecule has 136 valence electrons. The van der Waals surface area contributed by atoms with Crippen molar-refractivity contribution >= 4 is 17.6 Å². The van der Waals surface area contributed by atoms with E-state index in [1.165, 1.54) is 19.3 Å². The Morgan fingerprint density at radius 1 is 1.00 bits per heavy atom. The monoisotopic (exact) mass is 350 g/mol. The van der Waals surface area contributed by atoms with Gasteiger partial charge in [0.2, 0.25) is 0 Å². The predicted molar refractivity (Wildman–Crippen MR) is 105 cm³/mol. The molecule has 1 aliphatic carbocycles. The number of phenolic OH excluding ortho intramolecular Hbond substituents is 1. The molecule has 0 unspecified atom stereocenters. The lowest BCUT2D eigenvalue weighted by Crippen LogP contribution is -2.25. The second-order valence-electron chi connectivity index (χ2n) is 7.61. The standard InChI is InChI=1S/C23H26O3/c1-16(14-17-6-8-18(9-7-17)22(25)26)19-10-11-21(24)20(15-19)23(2)12-4-3-5-13-23/h6-11,14-15,24H,3-5,12-13H2,1-2H3,(H,25,26)/b16-14-. The average Bonchev–Trinajstić information content (AvgIpc) is 2.63. The Balaban J connectivity index is 1.91. The van der Waals surface area contributed by atoms with E-state index >= 15 is 0 Å². The van der Waals surface area contributed by atoms with Gasteiger partial charge in [0.15, 0.2) is 0 Å². The Hall–Kier alpha value is -2.55. The van der Waals surface area contributed by atoms with Crippen molar-refractivity contribution in [3.05, 3.63) is 64.7 Å². The van der Waals surface area contributed by atoms with E-state index < -0.39 is 5.97 Å². The molecular formula is C23H26O3. The van der Waals surface area contributed by atoms with Crippen LogP contribution in [0.4, 0.5) is 0 Å². The molecule has 0 amide bonds. The topological polar surface area (TPSA) is 57.5 Å². The smallest absolute Gasteiger partial charge is 0.335 e. The molecule has 26 heavy (non-hydrogen) atoms. The van der Waals surface area contributed by atoms with Crippen molar-refractivity contribution in [2.24, 2.45) is 0 Å². The van der Waals surface area contributed by atoms with Gasteiger partial charge in [-0.25, -0.2) is 4.79 Å². The number of phenols is 1. The maximum atomic E-state index is 11.0. The molecule has 0 aromatic heterocycles. The summed E-state index contributed by atoms with van der Waals surface area (Å²) in [6, 6.07) is 12.7. The highest BCUT2D eigenvalue weighted by Gasteiger charge is 2.31. The van der Waals surface area contributed by atoms with Crippen molar-refractivity contribution in [2.45, 2.75) is 51.4 Å². The number of aromatic carboxylic acids is 1. The van der Waals surface area contributed by atoms with E-state index in [1.54, 1.807) is 18.2 Å². The fourth-order valence-electron chi connectivity index (χ4n) is 3.92. The molecule has 0 heterocycles. The summed E-state index contributed by atoms with van der Waals surface area (Å²) in [6.45, 7) is 4.30. The number of carboxylic acid groups (broad SMARTS) is 1. The molecule has 1 fully saturated rings. The van der Waals surface area contributed by atoms with Crippen molar-refractivity contribution in [2.75, 3.05) is 0 Å². The summed E-state index contributed by atoms with van der Waals surface area (Å²) in [7, 11) is 0. The van der Waals surface area contributed by atoms with Crippen LogP contribution in [0.3, 0.4) is 0 Å². The second-order valence-corrected chi connectivity index (χ2v) is 7.61. The third-order valence-corrected chi connectivity index (χ3v) is 5.60. The van der Waals surface area contributed by atoms with E-state index in [1.807, 2.05) is 31.2 Å². The molecular weight excluding hydrogens is 324 g/mol. The third-order valence-electron chi connectivity index (χ3n) is 5.60. The molecule has 1 aliphatic rings. The van der Waals surface area contributed by atoms with Crippen molar-refractivity contribution in [3.8, 4) is 5.75 Å². The van der Waals surface area contributed by atoms with Crippen LogP contribution >= 0.6 is 0 Å². The predicted octanol–water partition coefficient (Wildman–Crippen LogP) is 5.87. The Morgan fingerprint density at radius 2 is 1.62 bits per heavy atom. The normalized spacial score (nSPS) is 17.1. The molecule has 0 spiro atoms. The molecule has 2 aromatic carbocycles. The summed E-state index contributed by atoms with van der Waals surface area (Å²) < 4.78 is 0. The lowest BCUT2D eigenvalue weighted by Gasteiger charge is -2.35. The van der Waals surface area contributed by atoms with E-state index in [9.17, 15) is 9.90 Å². The minimum atomic E-state index is -0.916. The van der Waals surface area contributed by atoms with Crippen LogP contribution < -0.4 is 0 Å². The first kappa shape index (κ1) is 18.2. The third kappa shape index (κ3) is 3.82. The Labute approximate surface area is 155 Å². The van der Waals surface area contributed by atoms with Crippen LogP contribution in [-0.2, 0) is 5.41 Å². The van der Waals surface area contributed by atoms with Crippen molar-refractivity contribution in [3.63, 3.8) is 0 Å². The number of allylic oxidation sites excluding steroid dienone is 1. The largest absolute Gasteiger partial charge is 0.508 e. The summed E-state index contributed by atoms with van der Waals surface area (Å²) in [5.74, 6) is -0.530. The zero-order chi connectivity index (χ0) is 18.7. The first-order valence-electron chi connectivity index (χ1n) is 9.25. The number of carboxylic acids is 1. The van der Waals surface area contributed by atoms with Gasteiger partial charge < -0.3 is 10.2 Å². The summed E-state index contributed by atoms with van der Waals surface area (Å²) >= 11 is 0.